The van der Waals surface area contributed by atoms with Gasteiger partial charge in [0.05, 0.1) is 15.1 Å². The van der Waals surface area contributed by atoms with E-state index in [4.69, 9.17) is 0 Å². The second kappa shape index (κ2) is 9.93. The highest BCUT2D eigenvalue weighted by Gasteiger charge is 2.11. The Morgan fingerprint density at radius 1 is 1.17 bits per heavy atom. The first-order valence-corrected chi connectivity index (χ1v) is 10.5. The van der Waals surface area contributed by atoms with Gasteiger partial charge in [-0.3, -0.25) is 19.7 Å². The van der Waals surface area contributed by atoms with Crippen molar-refractivity contribution in [2.24, 2.45) is 0 Å². The lowest BCUT2D eigenvalue weighted by Crippen LogP contribution is -2.27. The zero-order valence-corrected chi connectivity index (χ0v) is 17.3. The van der Waals surface area contributed by atoms with Crippen LogP contribution in [0.5, 0.6) is 0 Å². The van der Waals surface area contributed by atoms with Gasteiger partial charge in [-0.15, -0.1) is 0 Å². The molecule has 0 aliphatic heterocycles. The van der Waals surface area contributed by atoms with Gasteiger partial charge in [0.1, 0.15) is 0 Å². The summed E-state index contributed by atoms with van der Waals surface area (Å²) < 4.78 is 1.03. The molecule has 2 N–H and O–H groups in total. The van der Waals surface area contributed by atoms with Crippen molar-refractivity contribution in [2.45, 2.75) is 32.6 Å². The molecule has 156 valence electrons. The first kappa shape index (κ1) is 21.4. The van der Waals surface area contributed by atoms with Gasteiger partial charge in [-0.2, -0.15) is 0 Å². The summed E-state index contributed by atoms with van der Waals surface area (Å²) in [6, 6.07) is 11.4. The minimum atomic E-state index is -0.528. The van der Waals surface area contributed by atoms with Crippen LogP contribution >= 0.6 is 11.3 Å². The Labute approximate surface area is 177 Å². The van der Waals surface area contributed by atoms with Crippen LogP contribution in [0.2, 0.25) is 0 Å². The van der Waals surface area contributed by atoms with Crippen LogP contribution in [0, 0.1) is 10.1 Å². The van der Waals surface area contributed by atoms with E-state index in [9.17, 15) is 19.7 Å². The fourth-order valence-electron chi connectivity index (χ4n) is 2.87. The van der Waals surface area contributed by atoms with Gasteiger partial charge in [-0.1, -0.05) is 30.7 Å². The lowest BCUT2D eigenvalue weighted by atomic mass is 10.1. The minimum absolute atomic E-state index is 0.0840. The topological polar surface area (TPSA) is 114 Å². The predicted molar refractivity (Wildman–Crippen MR) is 117 cm³/mol. The van der Waals surface area contributed by atoms with Gasteiger partial charge in [0.25, 0.3) is 11.6 Å². The molecule has 30 heavy (non-hydrogen) atoms. The number of rotatable bonds is 9. The molecular weight excluding hydrogens is 404 g/mol. The molecule has 0 unspecified atom stereocenters. The summed E-state index contributed by atoms with van der Waals surface area (Å²) in [4.78, 5) is 38.8. The van der Waals surface area contributed by atoms with E-state index in [2.05, 4.69) is 34.7 Å². The van der Waals surface area contributed by atoms with Crippen molar-refractivity contribution < 1.29 is 14.5 Å². The standard InChI is InChI=1S/C21H22N4O4S/c1-2-3-4-14-5-10-17-18(13-14)30-21(23-17)24-19(26)11-12-22-20(27)15-6-8-16(9-7-15)25(28)29/h5-10,13H,2-4,11-12H2,1H3,(H,22,27)(H,23,24,26). The maximum Gasteiger partial charge on any atom is 0.269 e. The first-order valence-electron chi connectivity index (χ1n) is 9.68. The second-order valence-electron chi connectivity index (χ2n) is 6.78. The zero-order chi connectivity index (χ0) is 21.5. The Morgan fingerprint density at radius 2 is 1.93 bits per heavy atom. The van der Waals surface area contributed by atoms with Crippen molar-refractivity contribution in [1.29, 1.82) is 0 Å². The molecule has 0 aliphatic rings. The summed E-state index contributed by atoms with van der Waals surface area (Å²) in [6.07, 6.45) is 3.40. The highest BCUT2D eigenvalue weighted by molar-refractivity contribution is 7.22. The largest absolute Gasteiger partial charge is 0.352 e. The van der Waals surface area contributed by atoms with Crippen LogP contribution < -0.4 is 10.6 Å². The van der Waals surface area contributed by atoms with Gasteiger partial charge < -0.3 is 10.6 Å². The molecule has 0 atom stereocenters. The summed E-state index contributed by atoms with van der Waals surface area (Å²) in [5, 5.41) is 16.6. The van der Waals surface area contributed by atoms with Gasteiger partial charge in [-0.05, 0) is 42.7 Å². The summed E-state index contributed by atoms with van der Waals surface area (Å²) in [5.74, 6) is -0.637. The lowest BCUT2D eigenvalue weighted by molar-refractivity contribution is -0.384. The SMILES string of the molecule is CCCCc1ccc2nc(NC(=O)CCNC(=O)c3ccc([N+](=O)[O-])cc3)sc2c1. The minimum Gasteiger partial charge on any atom is -0.352 e. The number of aromatic nitrogens is 1. The Balaban J connectivity index is 1.49. The predicted octanol–water partition coefficient (Wildman–Crippen LogP) is 4.31. The van der Waals surface area contributed by atoms with Crippen molar-refractivity contribution in [1.82, 2.24) is 10.3 Å². The first-order chi connectivity index (χ1) is 14.5. The van der Waals surface area contributed by atoms with Crippen molar-refractivity contribution in [3.63, 3.8) is 0 Å². The molecule has 8 nitrogen and oxygen atoms in total. The molecule has 2 amide bonds. The fourth-order valence-corrected chi connectivity index (χ4v) is 3.81. The number of nitro groups is 1. The quantitative estimate of drug-likeness (QED) is 0.391. The van der Waals surface area contributed by atoms with Gasteiger partial charge >= 0.3 is 0 Å². The van der Waals surface area contributed by atoms with Crippen LogP contribution in [0.3, 0.4) is 0 Å². The van der Waals surface area contributed by atoms with Crippen LogP contribution in [0.15, 0.2) is 42.5 Å². The van der Waals surface area contributed by atoms with E-state index in [0.29, 0.717) is 10.7 Å². The van der Waals surface area contributed by atoms with E-state index in [1.54, 1.807) is 0 Å². The van der Waals surface area contributed by atoms with Crippen molar-refractivity contribution in [3.8, 4) is 0 Å². The lowest BCUT2D eigenvalue weighted by Gasteiger charge is -2.05. The molecule has 9 heteroatoms. The number of benzene rings is 2. The van der Waals surface area contributed by atoms with Gasteiger partial charge in [-0.25, -0.2) is 4.98 Å². The number of nitro benzene ring substituents is 1. The van der Waals surface area contributed by atoms with Gasteiger partial charge in [0, 0.05) is 30.7 Å². The van der Waals surface area contributed by atoms with E-state index in [1.165, 1.54) is 41.2 Å². The number of aryl methyl sites for hydroxylation is 1. The summed E-state index contributed by atoms with van der Waals surface area (Å²) >= 11 is 1.43. The second-order valence-corrected chi connectivity index (χ2v) is 7.81. The van der Waals surface area contributed by atoms with E-state index >= 15 is 0 Å². The summed E-state index contributed by atoms with van der Waals surface area (Å²) in [6.45, 7) is 2.31. The third-order valence-corrected chi connectivity index (χ3v) is 5.43. The number of fused-ring (bicyclic) bond motifs is 1. The molecule has 1 heterocycles. The molecule has 0 fully saturated rings. The van der Waals surface area contributed by atoms with Crippen LogP contribution in [-0.4, -0.2) is 28.3 Å². The molecule has 3 aromatic rings. The molecular formula is C21H22N4O4S. The monoisotopic (exact) mass is 426 g/mol. The molecule has 0 saturated heterocycles. The molecule has 0 saturated carbocycles. The molecule has 3 rings (SSSR count). The Bertz CT molecular complexity index is 1060. The van der Waals surface area contributed by atoms with Crippen LogP contribution in [0.1, 0.15) is 42.1 Å². The van der Waals surface area contributed by atoms with Crippen molar-refractivity contribution in [3.05, 3.63) is 63.7 Å². The molecule has 0 bridgehead atoms. The number of amides is 2. The number of anilines is 1. The Morgan fingerprint density at radius 3 is 2.63 bits per heavy atom. The van der Waals surface area contributed by atoms with Gasteiger partial charge in [0.2, 0.25) is 5.91 Å². The third kappa shape index (κ3) is 5.60. The molecule has 0 aliphatic carbocycles. The van der Waals surface area contributed by atoms with Crippen molar-refractivity contribution >= 4 is 44.2 Å². The number of hydrogen-bond donors (Lipinski definition) is 2. The highest BCUT2D eigenvalue weighted by Crippen LogP contribution is 2.27. The normalized spacial score (nSPS) is 10.7. The summed E-state index contributed by atoms with van der Waals surface area (Å²) in [5.41, 5.74) is 2.33. The highest BCUT2D eigenvalue weighted by atomic mass is 32.1. The number of non-ortho nitro benzene ring substituents is 1. The molecule has 1 aromatic heterocycles. The average molecular weight is 426 g/mol. The van der Waals surface area contributed by atoms with Gasteiger partial charge in [0.15, 0.2) is 5.13 Å². The van der Waals surface area contributed by atoms with Crippen LogP contribution in [-0.2, 0) is 11.2 Å². The fraction of sp³-hybridized carbons (Fsp3) is 0.286. The third-order valence-electron chi connectivity index (χ3n) is 4.50. The molecule has 0 spiro atoms. The summed E-state index contributed by atoms with van der Waals surface area (Å²) in [7, 11) is 0. The molecule has 2 aromatic carbocycles. The maximum atomic E-state index is 12.2. The Kier molecular flexibility index (Phi) is 7.08. The van der Waals surface area contributed by atoms with E-state index in [1.807, 2.05) is 6.07 Å². The number of unbranched alkanes of at least 4 members (excludes halogenated alkanes) is 1. The average Bonchev–Trinajstić information content (AvgIpc) is 3.13. The van der Waals surface area contributed by atoms with E-state index in [-0.39, 0.29) is 24.6 Å². The van der Waals surface area contributed by atoms with Crippen molar-refractivity contribution in [2.75, 3.05) is 11.9 Å². The Hall–Kier alpha value is -3.33. The number of nitrogens with one attached hydrogen (secondary N) is 2. The maximum absolute atomic E-state index is 12.2. The number of hydrogen-bond acceptors (Lipinski definition) is 6. The van der Waals surface area contributed by atoms with E-state index < -0.39 is 10.8 Å². The number of carbonyl (C=O) groups excluding carboxylic acids is 2. The smallest absolute Gasteiger partial charge is 0.269 e. The van der Waals surface area contributed by atoms with Crippen LogP contribution in [0.25, 0.3) is 10.2 Å². The van der Waals surface area contributed by atoms with E-state index in [0.717, 1.165) is 29.5 Å². The van der Waals surface area contributed by atoms with Crippen LogP contribution in [0.4, 0.5) is 10.8 Å². The zero-order valence-electron chi connectivity index (χ0n) is 16.5. The number of nitrogens with zero attached hydrogens (tertiary/aromatic N) is 2. The number of thiazole rings is 1. The number of carbonyl (C=O) groups is 2. The molecule has 0 radical (unpaired) electrons.